The number of nitrogens with one attached hydrogen (secondary N) is 1. The Bertz CT molecular complexity index is 410. The molecule has 1 aliphatic heterocycles. The van der Waals surface area contributed by atoms with Gasteiger partial charge in [-0.3, -0.25) is 0 Å². The number of fused-ring (bicyclic) bond motifs is 1. The van der Waals surface area contributed by atoms with E-state index in [1.807, 2.05) is 6.07 Å². The van der Waals surface area contributed by atoms with E-state index in [-0.39, 0.29) is 0 Å². The van der Waals surface area contributed by atoms with Gasteiger partial charge >= 0.3 is 0 Å². The first-order valence-corrected chi connectivity index (χ1v) is 5.87. The van der Waals surface area contributed by atoms with E-state index in [1.165, 1.54) is 24.5 Å². The van der Waals surface area contributed by atoms with Gasteiger partial charge in [-0.2, -0.15) is 4.39 Å². The molecule has 2 heterocycles. The minimum atomic E-state index is -0.402. The number of pyridine rings is 1. The van der Waals surface area contributed by atoms with Gasteiger partial charge < -0.3 is 5.32 Å². The van der Waals surface area contributed by atoms with Crippen molar-refractivity contribution in [1.29, 1.82) is 0 Å². The zero-order valence-corrected chi connectivity index (χ0v) is 9.12. The molecule has 1 N–H and O–H groups in total. The molecular weight excluding hydrogens is 203 g/mol. The lowest BCUT2D eigenvalue weighted by atomic mass is 9.84. The molecule has 0 unspecified atom stereocenters. The lowest BCUT2D eigenvalue weighted by Gasteiger charge is -2.28. The molecule has 0 spiro atoms. The molecule has 0 bridgehead atoms. The van der Waals surface area contributed by atoms with Gasteiger partial charge in [0.2, 0.25) is 5.95 Å². The fourth-order valence-electron chi connectivity index (χ4n) is 2.87. The Kier molecular flexibility index (Phi) is 2.48. The molecule has 1 aromatic rings. The van der Waals surface area contributed by atoms with E-state index in [1.54, 1.807) is 6.20 Å². The van der Waals surface area contributed by atoms with Crippen LogP contribution >= 0.6 is 0 Å². The monoisotopic (exact) mass is 218 g/mol. The van der Waals surface area contributed by atoms with Gasteiger partial charge in [-0.15, -0.1) is 0 Å². The number of nitrogens with zero attached hydrogens (tertiary/aromatic N) is 1. The van der Waals surface area contributed by atoms with E-state index in [0.717, 1.165) is 24.6 Å². The largest absolute Gasteiger partial charge is 0.316 e. The lowest BCUT2D eigenvalue weighted by molar-refractivity contribution is 0.328. The highest BCUT2D eigenvalue weighted by Crippen LogP contribution is 2.40. The average molecular weight is 218 g/mol. The van der Waals surface area contributed by atoms with Gasteiger partial charge in [0.25, 0.3) is 0 Å². The smallest absolute Gasteiger partial charge is 0.212 e. The molecule has 84 valence electrons. The van der Waals surface area contributed by atoms with Crippen molar-refractivity contribution in [3.63, 3.8) is 0 Å². The SMILES string of the molecule is Fc1ccc(C2=CC[C@@H]3CCNC[C@H]23)cn1. The maximum Gasteiger partial charge on any atom is 0.212 e. The van der Waals surface area contributed by atoms with Crippen LogP contribution in [-0.4, -0.2) is 18.1 Å². The quantitative estimate of drug-likeness (QED) is 0.731. The van der Waals surface area contributed by atoms with Crippen LogP contribution in [0.4, 0.5) is 4.39 Å². The molecule has 3 heteroatoms. The van der Waals surface area contributed by atoms with Crippen LogP contribution in [0.1, 0.15) is 18.4 Å². The molecule has 2 nitrogen and oxygen atoms in total. The number of rotatable bonds is 1. The molecule has 0 radical (unpaired) electrons. The minimum Gasteiger partial charge on any atom is -0.316 e. The number of halogens is 1. The Hall–Kier alpha value is -1.22. The van der Waals surface area contributed by atoms with Crippen LogP contribution in [0, 0.1) is 17.8 Å². The third kappa shape index (κ3) is 1.65. The van der Waals surface area contributed by atoms with E-state index in [9.17, 15) is 4.39 Å². The van der Waals surface area contributed by atoms with Crippen LogP contribution in [0.2, 0.25) is 0 Å². The van der Waals surface area contributed by atoms with Crippen LogP contribution in [0.25, 0.3) is 5.57 Å². The maximum atomic E-state index is 12.8. The van der Waals surface area contributed by atoms with Gasteiger partial charge in [-0.05, 0) is 54.5 Å². The molecule has 0 saturated carbocycles. The Morgan fingerprint density at radius 1 is 1.38 bits per heavy atom. The molecule has 1 saturated heterocycles. The molecule has 0 amide bonds. The van der Waals surface area contributed by atoms with Crippen molar-refractivity contribution < 1.29 is 4.39 Å². The molecule has 3 rings (SSSR count). The second-order valence-corrected chi connectivity index (χ2v) is 4.62. The summed E-state index contributed by atoms with van der Waals surface area (Å²) in [5, 5.41) is 3.43. The predicted octanol–water partition coefficient (Wildman–Crippen LogP) is 2.23. The second kappa shape index (κ2) is 3.98. The van der Waals surface area contributed by atoms with E-state index in [0.29, 0.717) is 5.92 Å². The first-order valence-electron chi connectivity index (χ1n) is 5.87. The summed E-state index contributed by atoms with van der Waals surface area (Å²) >= 11 is 0. The summed E-state index contributed by atoms with van der Waals surface area (Å²) in [6.45, 7) is 2.18. The van der Waals surface area contributed by atoms with Crippen LogP contribution in [0.15, 0.2) is 24.4 Å². The standard InChI is InChI=1S/C13H15FN2/c14-13-4-2-10(7-16-13)11-3-1-9-5-6-15-8-12(9)11/h2-4,7,9,12,15H,1,5-6,8H2/t9-,12+/m1/s1. The highest BCUT2D eigenvalue weighted by molar-refractivity contribution is 5.69. The van der Waals surface area contributed by atoms with Gasteiger partial charge in [0.1, 0.15) is 0 Å². The van der Waals surface area contributed by atoms with Crippen molar-refractivity contribution in [3.8, 4) is 0 Å². The van der Waals surface area contributed by atoms with Gasteiger partial charge in [-0.25, -0.2) is 4.98 Å². The summed E-state index contributed by atoms with van der Waals surface area (Å²) in [4.78, 5) is 3.73. The summed E-state index contributed by atoms with van der Waals surface area (Å²) in [7, 11) is 0. The van der Waals surface area contributed by atoms with E-state index < -0.39 is 5.95 Å². The average Bonchev–Trinajstić information content (AvgIpc) is 2.74. The second-order valence-electron chi connectivity index (χ2n) is 4.62. The topological polar surface area (TPSA) is 24.9 Å². The highest BCUT2D eigenvalue weighted by Gasteiger charge is 2.32. The Morgan fingerprint density at radius 2 is 2.31 bits per heavy atom. The summed E-state index contributed by atoms with van der Waals surface area (Å²) < 4.78 is 12.8. The van der Waals surface area contributed by atoms with E-state index in [2.05, 4.69) is 16.4 Å². The fraction of sp³-hybridized carbons (Fsp3) is 0.462. The third-order valence-corrected chi connectivity index (χ3v) is 3.73. The van der Waals surface area contributed by atoms with Gasteiger partial charge in [0, 0.05) is 12.7 Å². The summed E-state index contributed by atoms with van der Waals surface area (Å²) in [5.41, 5.74) is 2.43. The minimum absolute atomic E-state index is 0.402. The molecule has 1 aromatic heterocycles. The van der Waals surface area contributed by atoms with Crippen LogP contribution < -0.4 is 5.32 Å². The Labute approximate surface area is 94.6 Å². The molecule has 16 heavy (non-hydrogen) atoms. The Balaban J connectivity index is 1.87. The maximum absolute atomic E-state index is 12.8. The summed E-state index contributed by atoms with van der Waals surface area (Å²) in [6, 6.07) is 3.28. The van der Waals surface area contributed by atoms with Gasteiger partial charge in [0.15, 0.2) is 0 Å². The van der Waals surface area contributed by atoms with Crippen molar-refractivity contribution >= 4 is 5.57 Å². The van der Waals surface area contributed by atoms with Gasteiger partial charge in [0.05, 0.1) is 0 Å². The Morgan fingerprint density at radius 3 is 3.12 bits per heavy atom. The summed E-state index contributed by atoms with van der Waals surface area (Å²) in [6.07, 6.45) is 6.37. The van der Waals surface area contributed by atoms with Crippen LogP contribution in [0.3, 0.4) is 0 Å². The first kappa shape index (κ1) is 9.97. The van der Waals surface area contributed by atoms with Gasteiger partial charge in [-0.1, -0.05) is 6.08 Å². The number of hydrogen-bond acceptors (Lipinski definition) is 2. The molecule has 2 atom stereocenters. The zero-order chi connectivity index (χ0) is 11.0. The van der Waals surface area contributed by atoms with E-state index in [4.69, 9.17) is 0 Å². The number of piperidine rings is 1. The van der Waals surface area contributed by atoms with Crippen molar-refractivity contribution in [3.05, 3.63) is 35.9 Å². The van der Waals surface area contributed by atoms with Crippen LogP contribution in [-0.2, 0) is 0 Å². The van der Waals surface area contributed by atoms with Crippen molar-refractivity contribution in [1.82, 2.24) is 10.3 Å². The fourth-order valence-corrected chi connectivity index (χ4v) is 2.87. The third-order valence-electron chi connectivity index (χ3n) is 3.73. The number of aromatic nitrogens is 1. The lowest BCUT2D eigenvalue weighted by Crippen LogP contribution is -2.34. The summed E-state index contributed by atoms with van der Waals surface area (Å²) in [5.74, 6) is 0.975. The van der Waals surface area contributed by atoms with Crippen molar-refractivity contribution in [2.24, 2.45) is 11.8 Å². The van der Waals surface area contributed by atoms with Crippen molar-refractivity contribution in [2.45, 2.75) is 12.8 Å². The number of allylic oxidation sites excluding steroid dienone is 1. The molecular formula is C13H15FN2. The normalized spacial score (nSPS) is 28.7. The first-order chi connectivity index (χ1) is 7.84. The van der Waals surface area contributed by atoms with Crippen molar-refractivity contribution in [2.75, 3.05) is 13.1 Å². The molecule has 1 aliphatic carbocycles. The van der Waals surface area contributed by atoms with E-state index >= 15 is 0 Å². The zero-order valence-electron chi connectivity index (χ0n) is 9.12. The molecule has 1 fully saturated rings. The molecule has 0 aromatic carbocycles. The predicted molar refractivity (Wildman–Crippen MR) is 61.3 cm³/mol. The van der Waals surface area contributed by atoms with Crippen LogP contribution in [0.5, 0.6) is 0 Å². The number of hydrogen-bond donors (Lipinski definition) is 1. The highest BCUT2D eigenvalue weighted by atomic mass is 19.1. The molecule has 2 aliphatic rings.